The van der Waals surface area contributed by atoms with E-state index >= 15 is 0 Å². The number of benzene rings is 2. The zero-order valence-corrected chi connectivity index (χ0v) is 14.6. The van der Waals surface area contributed by atoms with Crippen molar-refractivity contribution in [2.45, 2.75) is 20.5 Å². The normalized spacial score (nSPS) is 12.2. The molecule has 4 rings (SSSR count). The molecule has 0 atom stereocenters. The van der Waals surface area contributed by atoms with Crippen LogP contribution >= 0.6 is 0 Å². The van der Waals surface area contributed by atoms with Crippen molar-refractivity contribution in [3.8, 4) is 17.2 Å². The average Bonchev–Trinajstić information content (AvgIpc) is 3.25. The molecule has 0 saturated carbocycles. The predicted molar refractivity (Wildman–Crippen MR) is 94.7 cm³/mol. The Morgan fingerprint density at radius 3 is 2.58 bits per heavy atom. The third-order valence-electron chi connectivity index (χ3n) is 4.17. The molecular formula is C20H18N2O4. The van der Waals surface area contributed by atoms with E-state index in [9.17, 15) is 4.79 Å². The largest absolute Gasteiger partial charge is 0.457 e. The Balaban J connectivity index is 1.41. The van der Waals surface area contributed by atoms with Crippen LogP contribution in [0.4, 0.5) is 0 Å². The minimum atomic E-state index is -0.397. The van der Waals surface area contributed by atoms with Gasteiger partial charge in [0.1, 0.15) is 6.61 Å². The van der Waals surface area contributed by atoms with Gasteiger partial charge in [-0.3, -0.25) is 0 Å². The second kappa shape index (κ2) is 6.55. The van der Waals surface area contributed by atoms with Crippen LogP contribution in [0.25, 0.3) is 5.69 Å². The van der Waals surface area contributed by atoms with Gasteiger partial charge in [0, 0.05) is 5.69 Å². The maximum Gasteiger partial charge on any atom is 0.338 e. The Morgan fingerprint density at radius 1 is 1.08 bits per heavy atom. The Labute approximate surface area is 150 Å². The van der Waals surface area contributed by atoms with Crippen LogP contribution in [0, 0.1) is 13.8 Å². The maximum absolute atomic E-state index is 12.2. The molecule has 6 heteroatoms. The number of carbonyl (C=O) groups excluding carboxylic acids is 1. The molecule has 0 aliphatic carbocycles. The van der Waals surface area contributed by atoms with Gasteiger partial charge in [-0.15, -0.1) is 0 Å². The molecule has 3 aromatic rings. The molecule has 0 amide bonds. The number of carbonyl (C=O) groups is 1. The summed E-state index contributed by atoms with van der Waals surface area (Å²) in [5.74, 6) is 0.806. The quantitative estimate of drug-likeness (QED) is 0.673. The Morgan fingerprint density at radius 2 is 1.85 bits per heavy atom. The van der Waals surface area contributed by atoms with Crippen LogP contribution in [0.2, 0.25) is 0 Å². The van der Waals surface area contributed by atoms with Gasteiger partial charge in [-0.1, -0.05) is 12.1 Å². The lowest BCUT2D eigenvalue weighted by Gasteiger charge is -2.08. The number of fused-ring (bicyclic) bond motifs is 1. The summed E-state index contributed by atoms with van der Waals surface area (Å²) in [5, 5.41) is 4.46. The van der Waals surface area contributed by atoms with Crippen molar-refractivity contribution in [2.24, 2.45) is 0 Å². The number of rotatable bonds is 4. The SMILES string of the molecule is Cc1cc(C)n(-c2ccc(COC(=O)c3ccc4c(c3)OCO4)cc2)n1. The first-order valence-corrected chi connectivity index (χ1v) is 8.29. The number of hydrogen-bond acceptors (Lipinski definition) is 5. The topological polar surface area (TPSA) is 62.6 Å². The van der Waals surface area contributed by atoms with Crippen molar-refractivity contribution in [1.29, 1.82) is 0 Å². The molecule has 132 valence electrons. The molecule has 6 nitrogen and oxygen atoms in total. The summed E-state index contributed by atoms with van der Waals surface area (Å²) < 4.78 is 17.8. The second-order valence-electron chi connectivity index (χ2n) is 6.15. The minimum absolute atomic E-state index is 0.176. The fourth-order valence-electron chi connectivity index (χ4n) is 2.88. The highest BCUT2D eigenvalue weighted by Gasteiger charge is 2.17. The number of ether oxygens (including phenoxy) is 3. The minimum Gasteiger partial charge on any atom is -0.457 e. The van der Waals surface area contributed by atoms with Crippen LogP contribution in [0.1, 0.15) is 27.3 Å². The van der Waals surface area contributed by atoms with E-state index in [1.165, 1.54) is 0 Å². The second-order valence-corrected chi connectivity index (χ2v) is 6.15. The van der Waals surface area contributed by atoms with Crippen molar-refractivity contribution in [3.05, 3.63) is 71.0 Å². The van der Waals surface area contributed by atoms with Crippen LogP contribution in [-0.2, 0) is 11.3 Å². The fraction of sp³-hybridized carbons (Fsp3) is 0.200. The molecule has 0 fully saturated rings. The Bertz CT molecular complexity index is 960. The average molecular weight is 350 g/mol. The van der Waals surface area contributed by atoms with Gasteiger partial charge in [0.05, 0.1) is 16.9 Å². The fourth-order valence-corrected chi connectivity index (χ4v) is 2.88. The smallest absolute Gasteiger partial charge is 0.338 e. The third kappa shape index (κ3) is 3.13. The summed E-state index contributed by atoms with van der Waals surface area (Å²) in [7, 11) is 0. The number of aromatic nitrogens is 2. The summed E-state index contributed by atoms with van der Waals surface area (Å²) in [6.45, 7) is 4.36. The van der Waals surface area contributed by atoms with Crippen molar-refractivity contribution < 1.29 is 19.0 Å². The molecule has 1 aliphatic rings. The van der Waals surface area contributed by atoms with E-state index in [4.69, 9.17) is 14.2 Å². The molecule has 0 saturated heterocycles. The van der Waals surface area contributed by atoms with Gasteiger partial charge in [-0.2, -0.15) is 5.10 Å². The molecule has 2 aromatic carbocycles. The first-order valence-electron chi connectivity index (χ1n) is 8.29. The summed E-state index contributed by atoms with van der Waals surface area (Å²) in [6.07, 6.45) is 0. The first kappa shape index (κ1) is 16.2. The number of hydrogen-bond donors (Lipinski definition) is 0. The van der Waals surface area contributed by atoms with Gasteiger partial charge in [0.2, 0.25) is 6.79 Å². The van der Waals surface area contributed by atoms with Crippen LogP contribution in [0.15, 0.2) is 48.5 Å². The van der Waals surface area contributed by atoms with E-state index in [1.807, 2.05) is 48.9 Å². The van der Waals surface area contributed by atoms with Crippen molar-refractivity contribution in [3.63, 3.8) is 0 Å². The van der Waals surface area contributed by atoms with E-state index < -0.39 is 5.97 Å². The summed E-state index contributed by atoms with van der Waals surface area (Å²) in [6, 6.07) is 14.8. The lowest BCUT2D eigenvalue weighted by atomic mass is 10.2. The van der Waals surface area contributed by atoms with Crippen molar-refractivity contribution in [2.75, 3.05) is 6.79 Å². The van der Waals surface area contributed by atoms with Crippen LogP contribution in [-0.4, -0.2) is 22.5 Å². The van der Waals surface area contributed by atoms with Crippen molar-refractivity contribution in [1.82, 2.24) is 9.78 Å². The summed E-state index contributed by atoms with van der Waals surface area (Å²) >= 11 is 0. The number of esters is 1. The highest BCUT2D eigenvalue weighted by Crippen LogP contribution is 2.32. The van der Waals surface area contributed by atoms with E-state index in [2.05, 4.69) is 5.10 Å². The predicted octanol–water partition coefficient (Wildman–Crippen LogP) is 3.57. The van der Waals surface area contributed by atoms with Gasteiger partial charge in [0.25, 0.3) is 0 Å². The Kier molecular flexibility index (Phi) is 4.08. The highest BCUT2D eigenvalue weighted by molar-refractivity contribution is 5.90. The van der Waals surface area contributed by atoms with Crippen LogP contribution in [0.3, 0.4) is 0 Å². The van der Waals surface area contributed by atoms with Crippen molar-refractivity contribution >= 4 is 5.97 Å². The third-order valence-corrected chi connectivity index (χ3v) is 4.17. The zero-order valence-electron chi connectivity index (χ0n) is 14.6. The van der Waals surface area contributed by atoms with E-state index in [1.54, 1.807) is 18.2 Å². The van der Waals surface area contributed by atoms with Gasteiger partial charge < -0.3 is 14.2 Å². The van der Waals surface area contributed by atoms with Gasteiger partial charge in [-0.05, 0) is 55.8 Å². The van der Waals surface area contributed by atoms with E-state index in [0.29, 0.717) is 17.1 Å². The number of nitrogens with zero attached hydrogens (tertiary/aromatic N) is 2. The summed E-state index contributed by atoms with van der Waals surface area (Å²) in [4.78, 5) is 12.2. The molecule has 0 bridgehead atoms. The molecule has 0 unspecified atom stereocenters. The van der Waals surface area contributed by atoms with Gasteiger partial charge in [0.15, 0.2) is 11.5 Å². The highest BCUT2D eigenvalue weighted by atomic mass is 16.7. The van der Waals surface area contributed by atoms with Gasteiger partial charge in [-0.25, -0.2) is 9.48 Å². The molecule has 0 N–H and O–H groups in total. The molecular weight excluding hydrogens is 332 g/mol. The number of aryl methyl sites for hydroxylation is 2. The van der Waals surface area contributed by atoms with Crippen LogP contribution in [0.5, 0.6) is 11.5 Å². The van der Waals surface area contributed by atoms with E-state index in [-0.39, 0.29) is 13.4 Å². The first-order chi connectivity index (χ1) is 12.6. The molecule has 26 heavy (non-hydrogen) atoms. The molecule has 1 aromatic heterocycles. The molecule has 0 spiro atoms. The monoisotopic (exact) mass is 350 g/mol. The van der Waals surface area contributed by atoms with Crippen LogP contribution < -0.4 is 9.47 Å². The zero-order chi connectivity index (χ0) is 18.1. The Hall–Kier alpha value is -3.28. The summed E-state index contributed by atoms with van der Waals surface area (Å²) in [5.41, 5.74) is 4.37. The van der Waals surface area contributed by atoms with E-state index in [0.717, 1.165) is 22.6 Å². The standard InChI is InChI=1S/C20H18N2O4/c1-13-9-14(2)22(21-13)17-6-3-15(4-7-17)11-24-20(23)16-5-8-18-19(10-16)26-12-25-18/h3-10H,11-12H2,1-2H3. The molecule has 0 radical (unpaired) electrons. The van der Waals surface area contributed by atoms with Gasteiger partial charge >= 0.3 is 5.97 Å². The molecule has 1 aliphatic heterocycles. The lowest BCUT2D eigenvalue weighted by Crippen LogP contribution is -2.05. The molecule has 2 heterocycles. The maximum atomic E-state index is 12.2. The lowest BCUT2D eigenvalue weighted by molar-refractivity contribution is 0.0472.